The van der Waals surface area contributed by atoms with Gasteiger partial charge in [0, 0.05) is 26.2 Å². The van der Waals surface area contributed by atoms with Crippen LogP contribution in [0.4, 0.5) is 0 Å². The van der Waals surface area contributed by atoms with Crippen molar-refractivity contribution >= 4 is 17.7 Å². The summed E-state index contributed by atoms with van der Waals surface area (Å²) in [6.45, 7) is 5.54. The van der Waals surface area contributed by atoms with Gasteiger partial charge in [-0.15, -0.1) is 5.10 Å². The van der Waals surface area contributed by atoms with Gasteiger partial charge in [0.25, 0.3) is 5.91 Å². The lowest BCUT2D eigenvalue weighted by molar-refractivity contribution is 0.0766. The first-order chi connectivity index (χ1) is 13.5. The normalized spacial score (nSPS) is 21.6. The van der Waals surface area contributed by atoms with Crippen LogP contribution in [0.1, 0.15) is 22.2 Å². The first-order valence-electron chi connectivity index (χ1n) is 9.31. The molecule has 1 saturated heterocycles. The van der Waals surface area contributed by atoms with Crippen LogP contribution in [0.15, 0.2) is 23.4 Å². The number of hydrogen-bond donors (Lipinski definition) is 0. The van der Waals surface area contributed by atoms with Crippen molar-refractivity contribution in [3.8, 4) is 11.5 Å². The second-order valence-electron chi connectivity index (χ2n) is 7.13. The molecule has 28 heavy (non-hydrogen) atoms. The van der Waals surface area contributed by atoms with Crippen LogP contribution in [0, 0.1) is 6.92 Å². The number of aromatic nitrogens is 3. The molecule has 150 valence electrons. The van der Waals surface area contributed by atoms with Crippen molar-refractivity contribution in [1.82, 2.24) is 24.6 Å². The van der Waals surface area contributed by atoms with Gasteiger partial charge >= 0.3 is 0 Å². The van der Waals surface area contributed by atoms with Gasteiger partial charge in [0.15, 0.2) is 16.7 Å². The summed E-state index contributed by atoms with van der Waals surface area (Å²) >= 11 is 1.50. The average molecular weight is 404 g/mol. The number of likely N-dealkylation sites (N-methyl/N-ethyl adjacent to an activating group) is 1. The molecule has 0 bridgehead atoms. The van der Waals surface area contributed by atoms with Crippen molar-refractivity contribution in [2.75, 3.05) is 47.4 Å². The summed E-state index contributed by atoms with van der Waals surface area (Å²) in [5, 5.41) is 4.66. The first kappa shape index (κ1) is 19.2. The molecule has 9 heteroatoms. The van der Waals surface area contributed by atoms with Crippen LogP contribution in [0.5, 0.6) is 11.5 Å². The van der Waals surface area contributed by atoms with E-state index in [0.717, 1.165) is 31.7 Å². The van der Waals surface area contributed by atoms with E-state index in [1.807, 2.05) is 18.2 Å². The summed E-state index contributed by atoms with van der Waals surface area (Å²) in [4.78, 5) is 22.3. The highest BCUT2D eigenvalue weighted by atomic mass is 32.2. The Morgan fingerprint density at radius 1 is 1.14 bits per heavy atom. The molecule has 3 heterocycles. The Kier molecular flexibility index (Phi) is 5.31. The maximum atomic E-state index is 13.2. The number of fused-ring (bicyclic) bond motifs is 1. The number of piperazine rings is 1. The summed E-state index contributed by atoms with van der Waals surface area (Å²) in [6.07, 6.45) is 0. The van der Waals surface area contributed by atoms with Crippen molar-refractivity contribution in [3.05, 3.63) is 29.6 Å². The molecule has 0 N–H and O–H groups in total. The summed E-state index contributed by atoms with van der Waals surface area (Å²) in [6, 6.07) is 5.82. The highest BCUT2D eigenvalue weighted by Gasteiger charge is 2.43. The third-order valence-electron chi connectivity index (χ3n) is 5.34. The lowest BCUT2D eigenvalue weighted by Crippen LogP contribution is -2.49. The number of hydrogen-bond acceptors (Lipinski definition) is 8. The zero-order chi connectivity index (χ0) is 19.8. The first-order valence-corrected chi connectivity index (χ1v) is 10.2. The lowest BCUT2D eigenvalue weighted by Gasteiger charge is -2.39. The largest absolute Gasteiger partial charge is 0.493 e. The molecule has 0 spiro atoms. The van der Waals surface area contributed by atoms with Gasteiger partial charge in [0.1, 0.15) is 11.1 Å². The van der Waals surface area contributed by atoms with Gasteiger partial charge in [0.05, 0.1) is 20.3 Å². The Morgan fingerprint density at radius 3 is 2.50 bits per heavy atom. The van der Waals surface area contributed by atoms with Crippen molar-refractivity contribution < 1.29 is 14.3 Å². The molecule has 2 aromatic rings. The molecule has 2 aliphatic rings. The van der Waals surface area contributed by atoms with Crippen LogP contribution in [0.25, 0.3) is 0 Å². The number of nitrogens with zero attached hydrogens (tertiary/aromatic N) is 5. The second-order valence-corrected chi connectivity index (χ2v) is 8.24. The van der Waals surface area contributed by atoms with Crippen molar-refractivity contribution in [2.45, 2.75) is 23.4 Å². The quantitative estimate of drug-likeness (QED) is 0.747. The number of aryl methyl sites for hydroxylation is 1. The summed E-state index contributed by atoms with van der Waals surface area (Å²) in [5.41, 5.74) is 1.04. The number of benzene rings is 1. The Hall–Kier alpha value is -2.10. The summed E-state index contributed by atoms with van der Waals surface area (Å²) in [5.74, 6) is 1.95. The zero-order valence-electron chi connectivity index (χ0n) is 16.6. The number of carbonyl (C=O) groups excluding carboxylic acids is 1. The van der Waals surface area contributed by atoms with Crippen LogP contribution < -0.4 is 9.47 Å². The SMILES string of the molecule is COc1ccc(C(C2Sc3nc(C)nn3C2=O)N2CCN(C)CC2)cc1OC. The minimum Gasteiger partial charge on any atom is -0.493 e. The predicted molar refractivity (Wildman–Crippen MR) is 106 cm³/mol. The molecule has 1 aromatic heterocycles. The van der Waals surface area contributed by atoms with E-state index in [1.165, 1.54) is 16.4 Å². The molecule has 0 radical (unpaired) electrons. The molecular weight excluding hydrogens is 378 g/mol. The van der Waals surface area contributed by atoms with E-state index in [-0.39, 0.29) is 17.2 Å². The van der Waals surface area contributed by atoms with Crippen molar-refractivity contribution in [2.24, 2.45) is 0 Å². The van der Waals surface area contributed by atoms with Gasteiger partial charge in [0.2, 0.25) is 0 Å². The van der Waals surface area contributed by atoms with E-state index in [0.29, 0.717) is 22.5 Å². The van der Waals surface area contributed by atoms with Crippen molar-refractivity contribution in [1.29, 1.82) is 0 Å². The van der Waals surface area contributed by atoms with E-state index in [1.54, 1.807) is 21.1 Å². The van der Waals surface area contributed by atoms with E-state index in [2.05, 4.69) is 26.9 Å². The smallest absolute Gasteiger partial charge is 0.264 e. The van der Waals surface area contributed by atoms with Crippen molar-refractivity contribution in [3.63, 3.8) is 0 Å². The number of thioether (sulfide) groups is 1. The van der Waals surface area contributed by atoms with E-state index < -0.39 is 0 Å². The molecular formula is C19H25N5O3S. The Labute approximate surface area is 168 Å². The van der Waals surface area contributed by atoms with Crippen LogP contribution in [-0.4, -0.2) is 83.2 Å². The summed E-state index contributed by atoms with van der Waals surface area (Å²) in [7, 11) is 5.38. The highest BCUT2D eigenvalue weighted by Crippen LogP contribution is 2.42. The van der Waals surface area contributed by atoms with Crippen LogP contribution in [0.3, 0.4) is 0 Å². The van der Waals surface area contributed by atoms with Crippen LogP contribution in [-0.2, 0) is 0 Å². The highest BCUT2D eigenvalue weighted by molar-refractivity contribution is 8.00. The lowest BCUT2D eigenvalue weighted by atomic mass is 9.99. The van der Waals surface area contributed by atoms with Crippen LogP contribution >= 0.6 is 11.8 Å². The molecule has 2 atom stereocenters. The molecule has 4 rings (SSSR count). The maximum Gasteiger partial charge on any atom is 0.264 e. The number of ether oxygens (including phenoxy) is 2. The molecule has 1 fully saturated rings. The number of carbonyl (C=O) groups is 1. The molecule has 1 aromatic carbocycles. The topological polar surface area (TPSA) is 72.7 Å². The minimum absolute atomic E-state index is 0.0145. The molecule has 8 nitrogen and oxygen atoms in total. The maximum absolute atomic E-state index is 13.2. The standard InChI is InChI=1S/C19H25N5O3S/c1-12-20-19-24(21-12)18(25)17(28-19)16(23-9-7-22(2)8-10-23)13-5-6-14(26-3)15(11-13)27-4/h5-6,11,16-17H,7-10H2,1-4H3. The van der Waals surface area contributed by atoms with E-state index in [9.17, 15) is 4.79 Å². The van der Waals surface area contributed by atoms with Gasteiger partial charge in [-0.05, 0) is 31.7 Å². The van der Waals surface area contributed by atoms with Gasteiger partial charge < -0.3 is 14.4 Å². The minimum atomic E-state index is -0.294. The fourth-order valence-electron chi connectivity index (χ4n) is 3.81. The molecule has 2 unspecified atom stereocenters. The van der Waals surface area contributed by atoms with Gasteiger partial charge in [-0.3, -0.25) is 9.69 Å². The Bertz CT molecular complexity index is 878. The number of methoxy groups -OCH3 is 2. The van der Waals surface area contributed by atoms with Gasteiger partial charge in [-0.2, -0.15) is 4.68 Å². The average Bonchev–Trinajstić information content (AvgIpc) is 3.21. The second kappa shape index (κ2) is 7.73. The fraction of sp³-hybridized carbons (Fsp3) is 0.526. The molecule has 2 aliphatic heterocycles. The summed E-state index contributed by atoms with van der Waals surface area (Å²) < 4.78 is 12.4. The van der Waals surface area contributed by atoms with E-state index in [4.69, 9.17) is 9.47 Å². The Balaban J connectivity index is 1.71. The third-order valence-corrected chi connectivity index (χ3v) is 6.52. The predicted octanol–water partition coefficient (Wildman–Crippen LogP) is 1.71. The van der Waals surface area contributed by atoms with E-state index >= 15 is 0 Å². The zero-order valence-corrected chi connectivity index (χ0v) is 17.4. The Morgan fingerprint density at radius 2 is 1.86 bits per heavy atom. The molecule has 0 amide bonds. The monoisotopic (exact) mass is 403 g/mol. The third kappa shape index (κ3) is 3.38. The molecule has 0 saturated carbocycles. The number of rotatable bonds is 5. The van der Waals surface area contributed by atoms with Gasteiger partial charge in [-0.25, -0.2) is 4.98 Å². The molecule has 0 aliphatic carbocycles. The van der Waals surface area contributed by atoms with Crippen LogP contribution in [0.2, 0.25) is 0 Å². The fourth-order valence-corrected chi connectivity index (χ4v) is 5.11. The van der Waals surface area contributed by atoms with Gasteiger partial charge in [-0.1, -0.05) is 17.8 Å².